The van der Waals surface area contributed by atoms with Crippen molar-refractivity contribution in [2.75, 3.05) is 0 Å². The predicted molar refractivity (Wildman–Crippen MR) is 88.0 cm³/mol. The number of thioether (sulfide) groups is 1. The SMILES string of the molecule is Cn1c(SCc2cccc(Cl)c2)nc2ccccc2c1=O. The van der Waals surface area contributed by atoms with E-state index in [1.54, 1.807) is 17.7 Å². The smallest absolute Gasteiger partial charge is 0.261 e. The number of hydrogen-bond donors (Lipinski definition) is 0. The monoisotopic (exact) mass is 316 g/mol. The second-order valence-corrected chi connectivity index (χ2v) is 6.07. The van der Waals surface area contributed by atoms with Crippen LogP contribution >= 0.6 is 23.4 Å². The standard InChI is InChI=1S/C16H13ClN2OS/c1-19-15(20)13-7-2-3-8-14(13)18-16(19)21-10-11-5-4-6-12(17)9-11/h2-9H,10H2,1H3. The van der Waals surface area contributed by atoms with Crippen molar-refractivity contribution in [3.63, 3.8) is 0 Å². The van der Waals surface area contributed by atoms with Crippen LogP contribution in [-0.4, -0.2) is 9.55 Å². The average molecular weight is 317 g/mol. The largest absolute Gasteiger partial charge is 0.290 e. The van der Waals surface area contributed by atoms with E-state index in [0.29, 0.717) is 15.6 Å². The number of fused-ring (bicyclic) bond motifs is 1. The zero-order chi connectivity index (χ0) is 14.8. The molecule has 1 aromatic heterocycles. The minimum absolute atomic E-state index is 0.0193. The third kappa shape index (κ3) is 2.96. The summed E-state index contributed by atoms with van der Waals surface area (Å²) in [6.07, 6.45) is 0. The Balaban J connectivity index is 1.94. The predicted octanol–water partition coefficient (Wildman–Crippen LogP) is 3.88. The van der Waals surface area contributed by atoms with E-state index < -0.39 is 0 Å². The summed E-state index contributed by atoms with van der Waals surface area (Å²) in [4.78, 5) is 16.9. The summed E-state index contributed by atoms with van der Waals surface area (Å²) in [5.74, 6) is 0.721. The van der Waals surface area contributed by atoms with Gasteiger partial charge in [0, 0.05) is 17.8 Å². The summed E-state index contributed by atoms with van der Waals surface area (Å²) in [6, 6.07) is 15.1. The van der Waals surface area contributed by atoms with E-state index >= 15 is 0 Å². The number of rotatable bonds is 3. The lowest BCUT2D eigenvalue weighted by molar-refractivity contribution is 0.726. The second-order valence-electron chi connectivity index (χ2n) is 4.69. The quantitative estimate of drug-likeness (QED) is 0.543. The van der Waals surface area contributed by atoms with Gasteiger partial charge in [0.15, 0.2) is 5.16 Å². The van der Waals surface area contributed by atoms with E-state index in [9.17, 15) is 4.79 Å². The Labute approximate surface area is 131 Å². The highest BCUT2D eigenvalue weighted by atomic mass is 35.5. The van der Waals surface area contributed by atoms with Crippen molar-refractivity contribution < 1.29 is 0 Å². The molecule has 3 nitrogen and oxygen atoms in total. The van der Waals surface area contributed by atoms with Gasteiger partial charge in [0.2, 0.25) is 0 Å². The van der Waals surface area contributed by atoms with Crippen LogP contribution in [0, 0.1) is 0 Å². The van der Waals surface area contributed by atoms with Crippen molar-refractivity contribution in [2.24, 2.45) is 7.05 Å². The normalized spacial score (nSPS) is 11.0. The molecule has 2 aromatic carbocycles. The van der Waals surface area contributed by atoms with Gasteiger partial charge in [-0.15, -0.1) is 0 Å². The third-order valence-electron chi connectivity index (χ3n) is 3.20. The van der Waals surface area contributed by atoms with Gasteiger partial charge in [-0.25, -0.2) is 4.98 Å². The maximum absolute atomic E-state index is 12.3. The number of para-hydroxylation sites is 1. The Morgan fingerprint density at radius 2 is 2.00 bits per heavy atom. The first-order valence-electron chi connectivity index (χ1n) is 6.48. The fourth-order valence-corrected chi connectivity index (χ4v) is 3.23. The van der Waals surface area contributed by atoms with Gasteiger partial charge in [-0.2, -0.15) is 0 Å². The number of benzene rings is 2. The van der Waals surface area contributed by atoms with E-state index in [0.717, 1.165) is 16.8 Å². The van der Waals surface area contributed by atoms with Gasteiger partial charge in [-0.1, -0.05) is 47.6 Å². The molecule has 0 fully saturated rings. The van der Waals surface area contributed by atoms with Crippen LogP contribution in [0.4, 0.5) is 0 Å². The van der Waals surface area contributed by atoms with Crippen molar-refractivity contribution in [1.29, 1.82) is 0 Å². The molecule has 0 spiro atoms. The molecule has 0 saturated carbocycles. The molecule has 0 saturated heterocycles. The van der Waals surface area contributed by atoms with E-state index in [-0.39, 0.29) is 5.56 Å². The Hall–Kier alpha value is -1.78. The Bertz CT molecular complexity index is 860. The van der Waals surface area contributed by atoms with Gasteiger partial charge in [0.1, 0.15) is 0 Å². The van der Waals surface area contributed by atoms with Gasteiger partial charge in [0.25, 0.3) is 5.56 Å². The molecule has 0 unspecified atom stereocenters. The van der Waals surface area contributed by atoms with Crippen LogP contribution in [-0.2, 0) is 12.8 Å². The molecule has 0 N–H and O–H groups in total. The van der Waals surface area contributed by atoms with Gasteiger partial charge < -0.3 is 0 Å². The van der Waals surface area contributed by atoms with Crippen LogP contribution < -0.4 is 5.56 Å². The van der Waals surface area contributed by atoms with Crippen molar-refractivity contribution in [3.05, 3.63) is 69.5 Å². The molecule has 106 valence electrons. The summed E-state index contributed by atoms with van der Waals surface area (Å²) >= 11 is 7.51. The molecule has 5 heteroatoms. The maximum Gasteiger partial charge on any atom is 0.261 e. The van der Waals surface area contributed by atoms with Gasteiger partial charge in [0.05, 0.1) is 10.9 Å². The Morgan fingerprint density at radius 1 is 1.19 bits per heavy atom. The summed E-state index contributed by atoms with van der Waals surface area (Å²) in [6.45, 7) is 0. The molecule has 0 aliphatic heterocycles. The molecule has 0 aliphatic rings. The fraction of sp³-hybridized carbons (Fsp3) is 0.125. The summed E-state index contributed by atoms with van der Waals surface area (Å²) in [5.41, 5.74) is 1.82. The summed E-state index contributed by atoms with van der Waals surface area (Å²) in [7, 11) is 1.75. The summed E-state index contributed by atoms with van der Waals surface area (Å²) in [5, 5.41) is 2.07. The van der Waals surface area contributed by atoms with Crippen molar-refractivity contribution in [1.82, 2.24) is 9.55 Å². The molecule has 1 heterocycles. The molecular weight excluding hydrogens is 304 g/mol. The first-order chi connectivity index (χ1) is 10.1. The molecule has 0 bridgehead atoms. The van der Waals surface area contributed by atoms with Crippen molar-refractivity contribution in [2.45, 2.75) is 10.9 Å². The fourth-order valence-electron chi connectivity index (χ4n) is 2.10. The van der Waals surface area contributed by atoms with Crippen LogP contribution in [0.25, 0.3) is 10.9 Å². The number of halogens is 1. The highest BCUT2D eigenvalue weighted by Gasteiger charge is 2.08. The highest BCUT2D eigenvalue weighted by Crippen LogP contribution is 2.22. The van der Waals surface area contributed by atoms with Crippen LogP contribution in [0.15, 0.2) is 58.5 Å². The zero-order valence-electron chi connectivity index (χ0n) is 11.4. The number of nitrogens with zero attached hydrogens (tertiary/aromatic N) is 2. The minimum atomic E-state index is -0.0193. The molecule has 0 radical (unpaired) electrons. The second kappa shape index (κ2) is 5.92. The highest BCUT2D eigenvalue weighted by molar-refractivity contribution is 7.98. The van der Waals surface area contributed by atoms with Crippen LogP contribution in [0.5, 0.6) is 0 Å². The maximum atomic E-state index is 12.3. The Kier molecular flexibility index (Phi) is 3.99. The molecule has 0 amide bonds. The number of hydrogen-bond acceptors (Lipinski definition) is 3. The minimum Gasteiger partial charge on any atom is -0.290 e. The lowest BCUT2D eigenvalue weighted by atomic mass is 10.2. The van der Waals surface area contributed by atoms with E-state index in [2.05, 4.69) is 4.98 Å². The van der Waals surface area contributed by atoms with E-state index in [1.807, 2.05) is 42.5 Å². The molecule has 0 atom stereocenters. The molecule has 0 aliphatic carbocycles. The topological polar surface area (TPSA) is 34.9 Å². The lowest BCUT2D eigenvalue weighted by Gasteiger charge is -2.08. The van der Waals surface area contributed by atoms with Gasteiger partial charge in [-0.05, 0) is 29.8 Å². The molecular formula is C16H13ClN2OS. The van der Waals surface area contributed by atoms with Gasteiger partial charge in [-0.3, -0.25) is 9.36 Å². The van der Waals surface area contributed by atoms with Gasteiger partial charge >= 0.3 is 0 Å². The van der Waals surface area contributed by atoms with Crippen LogP contribution in [0.1, 0.15) is 5.56 Å². The average Bonchev–Trinajstić information content (AvgIpc) is 2.50. The van der Waals surface area contributed by atoms with Crippen molar-refractivity contribution in [3.8, 4) is 0 Å². The molecule has 3 aromatic rings. The third-order valence-corrected chi connectivity index (χ3v) is 4.54. The van der Waals surface area contributed by atoms with Crippen LogP contribution in [0.3, 0.4) is 0 Å². The zero-order valence-corrected chi connectivity index (χ0v) is 13.0. The lowest BCUT2D eigenvalue weighted by Crippen LogP contribution is -2.19. The van der Waals surface area contributed by atoms with E-state index in [1.165, 1.54) is 11.8 Å². The Morgan fingerprint density at radius 3 is 2.81 bits per heavy atom. The first kappa shape index (κ1) is 14.2. The number of aromatic nitrogens is 2. The first-order valence-corrected chi connectivity index (χ1v) is 7.84. The molecule has 21 heavy (non-hydrogen) atoms. The molecule has 3 rings (SSSR count). The van der Waals surface area contributed by atoms with Crippen LogP contribution in [0.2, 0.25) is 5.02 Å². The summed E-state index contributed by atoms with van der Waals surface area (Å²) < 4.78 is 1.59. The van der Waals surface area contributed by atoms with Crippen molar-refractivity contribution >= 4 is 34.3 Å². The van der Waals surface area contributed by atoms with E-state index in [4.69, 9.17) is 11.6 Å².